The molecular weight excluding hydrogens is 378 g/mol. The number of fused-ring (bicyclic) bond motifs is 3. The first kappa shape index (κ1) is 19.9. The van der Waals surface area contributed by atoms with Crippen LogP contribution in [-0.4, -0.2) is 36.3 Å². The molecule has 2 heterocycles. The van der Waals surface area contributed by atoms with E-state index in [9.17, 15) is 19.6 Å². The van der Waals surface area contributed by atoms with Crippen LogP contribution in [0.2, 0.25) is 0 Å². The molecule has 1 aromatic heterocycles. The van der Waals surface area contributed by atoms with Crippen LogP contribution in [0, 0.1) is 11.3 Å². The number of aromatic amines is 1. The van der Waals surface area contributed by atoms with E-state index >= 15 is 0 Å². The van der Waals surface area contributed by atoms with Crippen LogP contribution in [0.25, 0.3) is 17.3 Å². The van der Waals surface area contributed by atoms with Gasteiger partial charge >= 0.3 is 11.7 Å². The molecule has 0 atom stereocenters. The Morgan fingerprint density at radius 3 is 2.59 bits per heavy atom. The summed E-state index contributed by atoms with van der Waals surface area (Å²) in [7, 11) is 3.00. The molecular formula is C20H19N3O6. The molecule has 0 bridgehead atoms. The second kappa shape index (κ2) is 8.06. The first-order valence-corrected chi connectivity index (χ1v) is 8.86. The lowest BCUT2D eigenvalue weighted by Gasteiger charge is -2.24. The van der Waals surface area contributed by atoms with Gasteiger partial charge in [-0.3, -0.25) is 14.3 Å². The van der Waals surface area contributed by atoms with Gasteiger partial charge in [0.15, 0.2) is 11.5 Å². The molecule has 9 nitrogen and oxygen atoms in total. The molecule has 0 spiro atoms. The van der Waals surface area contributed by atoms with Gasteiger partial charge in [0.2, 0.25) is 0 Å². The van der Waals surface area contributed by atoms with Crippen LogP contribution in [-0.2, 0) is 22.5 Å². The molecule has 1 aliphatic rings. The highest BCUT2D eigenvalue weighted by Crippen LogP contribution is 2.38. The van der Waals surface area contributed by atoms with Crippen LogP contribution in [0.4, 0.5) is 0 Å². The van der Waals surface area contributed by atoms with E-state index < -0.39 is 17.2 Å². The van der Waals surface area contributed by atoms with Gasteiger partial charge in [0.05, 0.1) is 32.1 Å². The molecule has 1 N–H and O–H groups in total. The SMILES string of the molecule is CCOC(=O)C(C#N)=Cc1c2n(c(=O)[nH]c1=O)CCc1cc(OC)c(OC)cc1-2. The lowest BCUT2D eigenvalue weighted by atomic mass is 9.93. The fraction of sp³-hybridized carbons (Fsp3) is 0.300. The molecule has 3 rings (SSSR count). The zero-order chi connectivity index (χ0) is 21.1. The van der Waals surface area contributed by atoms with E-state index in [1.54, 1.807) is 25.1 Å². The third kappa shape index (κ3) is 3.52. The van der Waals surface area contributed by atoms with Crippen LogP contribution < -0.4 is 20.7 Å². The van der Waals surface area contributed by atoms with Crippen molar-refractivity contribution < 1.29 is 19.0 Å². The number of esters is 1. The number of aromatic nitrogens is 2. The molecule has 0 radical (unpaired) electrons. The number of methoxy groups -OCH3 is 2. The fourth-order valence-electron chi connectivity index (χ4n) is 3.29. The minimum Gasteiger partial charge on any atom is -0.493 e. The van der Waals surface area contributed by atoms with Crippen molar-refractivity contribution in [2.24, 2.45) is 0 Å². The lowest BCUT2D eigenvalue weighted by Crippen LogP contribution is -2.35. The Bertz CT molecular complexity index is 1170. The Balaban J connectivity index is 2.34. The van der Waals surface area contributed by atoms with Crippen molar-refractivity contribution in [2.75, 3.05) is 20.8 Å². The second-order valence-corrected chi connectivity index (χ2v) is 6.18. The first-order chi connectivity index (χ1) is 13.9. The molecule has 2 aromatic rings. The summed E-state index contributed by atoms with van der Waals surface area (Å²) < 4.78 is 16.9. The monoisotopic (exact) mass is 397 g/mol. The van der Waals surface area contributed by atoms with Gasteiger partial charge < -0.3 is 14.2 Å². The van der Waals surface area contributed by atoms with Crippen molar-refractivity contribution in [1.29, 1.82) is 5.26 Å². The van der Waals surface area contributed by atoms with Gasteiger partial charge in [0.25, 0.3) is 5.56 Å². The smallest absolute Gasteiger partial charge is 0.348 e. The summed E-state index contributed by atoms with van der Waals surface area (Å²) in [5, 5.41) is 9.34. The number of ether oxygens (including phenoxy) is 3. The van der Waals surface area contributed by atoms with Crippen LogP contribution in [0.1, 0.15) is 18.1 Å². The summed E-state index contributed by atoms with van der Waals surface area (Å²) in [6.45, 7) is 2.01. The van der Waals surface area contributed by atoms with Crippen molar-refractivity contribution in [1.82, 2.24) is 9.55 Å². The first-order valence-electron chi connectivity index (χ1n) is 8.86. The van der Waals surface area contributed by atoms with Gasteiger partial charge in [0.1, 0.15) is 11.6 Å². The third-order valence-corrected chi connectivity index (χ3v) is 4.61. The molecule has 0 saturated carbocycles. The standard InChI is InChI=1S/C20H19N3O6/c1-4-29-19(25)12(10-21)7-14-17-13-9-16(28-3)15(27-2)8-11(13)5-6-23(17)20(26)22-18(14)24/h7-9H,4-6H2,1-3H3,(H,22,24,26). The van der Waals surface area contributed by atoms with E-state index in [4.69, 9.17) is 14.2 Å². The number of H-pyrrole nitrogens is 1. The molecule has 0 unspecified atom stereocenters. The molecule has 150 valence electrons. The zero-order valence-corrected chi connectivity index (χ0v) is 16.2. The van der Waals surface area contributed by atoms with Crippen molar-refractivity contribution in [3.63, 3.8) is 0 Å². The molecule has 0 amide bonds. The van der Waals surface area contributed by atoms with Crippen molar-refractivity contribution in [3.8, 4) is 28.8 Å². The fourth-order valence-corrected chi connectivity index (χ4v) is 3.29. The average molecular weight is 397 g/mol. The van der Waals surface area contributed by atoms with Crippen LogP contribution in [0.5, 0.6) is 11.5 Å². The minimum absolute atomic E-state index is 0.0161. The molecule has 29 heavy (non-hydrogen) atoms. The molecule has 1 aromatic carbocycles. The maximum Gasteiger partial charge on any atom is 0.348 e. The number of hydrogen-bond donors (Lipinski definition) is 1. The van der Waals surface area contributed by atoms with Crippen molar-refractivity contribution >= 4 is 12.0 Å². The molecule has 0 saturated heterocycles. The highest BCUT2D eigenvalue weighted by Gasteiger charge is 2.25. The summed E-state index contributed by atoms with van der Waals surface area (Å²) in [4.78, 5) is 39.3. The van der Waals surface area contributed by atoms with Gasteiger partial charge in [-0.2, -0.15) is 5.26 Å². The number of aryl methyl sites for hydroxylation is 1. The minimum atomic E-state index is -0.845. The summed E-state index contributed by atoms with van der Waals surface area (Å²) in [5.41, 5.74) is 0.131. The van der Waals surface area contributed by atoms with Gasteiger partial charge in [0, 0.05) is 12.1 Å². The molecule has 0 aliphatic carbocycles. The Morgan fingerprint density at radius 1 is 1.28 bits per heavy atom. The van der Waals surface area contributed by atoms with E-state index in [0.29, 0.717) is 35.7 Å². The number of nitrogens with one attached hydrogen (secondary N) is 1. The highest BCUT2D eigenvalue weighted by molar-refractivity contribution is 5.99. The Kier molecular flexibility index (Phi) is 5.54. The summed E-state index contributed by atoms with van der Waals surface area (Å²) >= 11 is 0. The third-order valence-electron chi connectivity index (χ3n) is 4.61. The molecule has 1 aliphatic heterocycles. The summed E-state index contributed by atoms with van der Waals surface area (Å²) in [6.07, 6.45) is 1.68. The topological polar surface area (TPSA) is 123 Å². The maximum atomic E-state index is 12.6. The maximum absolute atomic E-state index is 12.6. The van der Waals surface area contributed by atoms with Crippen molar-refractivity contribution in [2.45, 2.75) is 19.9 Å². The van der Waals surface area contributed by atoms with Gasteiger partial charge in [-0.15, -0.1) is 0 Å². The van der Waals surface area contributed by atoms with Crippen molar-refractivity contribution in [3.05, 3.63) is 49.7 Å². The predicted octanol–water partition coefficient (Wildman–Crippen LogP) is 1.25. The van der Waals surface area contributed by atoms with E-state index in [-0.39, 0.29) is 17.7 Å². The Morgan fingerprint density at radius 2 is 1.97 bits per heavy atom. The van der Waals surface area contributed by atoms with E-state index in [1.165, 1.54) is 18.8 Å². The number of rotatable bonds is 5. The predicted molar refractivity (Wildman–Crippen MR) is 104 cm³/mol. The Hall–Kier alpha value is -3.80. The molecule has 9 heteroatoms. The van der Waals surface area contributed by atoms with Crippen LogP contribution >= 0.6 is 0 Å². The van der Waals surface area contributed by atoms with E-state index in [1.807, 2.05) is 0 Å². The largest absolute Gasteiger partial charge is 0.493 e. The number of nitriles is 1. The number of nitrogens with zero attached hydrogens (tertiary/aromatic N) is 2. The second-order valence-electron chi connectivity index (χ2n) is 6.18. The highest BCUT2D eigenvalue weighted by atomic mass is 16.5. The average Bonchev–Trinajstić information content (AvgIpc) is 2.72. The lowest BCUT2D eigenvalue weighted by molar-refractivity contribution is -0.137. The summed E-state index contributed by atoms with van der Waals surface area (Å²) in [6, 6.07) is 5.21. The van der Waals surface area contributed by atoms with E-state index in [2.05, 4.69) is 4.98 Å². The normalized spacial score (nSPS) is 12.4. The zero-order valence-electron chi connectivity index (χ0n) is 16.2. The van der Waals surface area contributed by atoms with Gasteiger partial charge in [-0.05, 0) is 37.1 Å². The quantitative estimate of drug-likeness (QED) is 0.457. The number of carbonyl (C=O) groups is 1. The van der Waals surface area contributed by atoms with E-state index in [0.717, 1.165) is 11.6 Å². The van der Waals surface area contributed by atoms with Gasteiger partial charge in [-0.25, -0.2) is 9.59 Å². The Labute approximate surface area is 165 Å². The number of hydrogen-bond acceptors (Lipinski definition) is 7. The van der Waals surface area contributed by atoms with Crippen LogP contribution in [0.3, 0.4) is 0 Å². The number of benzene rings is 1. The number of carbonyl (C=O) groups excluding carboxylic acids is 1. The van der Waals surface area contributed by atoms with Crippen LogP contribution in [0.15, 0.2) is 27.3 Å². The molecule has 0 fully saturated rings. The van der Waals surface area contributed by atoms with Gasteiger partial charge in [-0.1, -0.05) is 0 Å². The summed E-state index contributed by atoms with van der Waals surface area (Å²) in [5.74, 6) is 0.101.